The van der Waals surface area contributed by atoms with E-state index in [-0.39, 0.29) is 17.9 Å². The molecule has 1 amide bonds. The Labute approximate surface area is 126 Å². The summed E-state index contributed by atoms with van der Waals surface area (Å²) >= 11 is 0. The molecule has 3 N–H and O–H groups in total. The molecular weight excluding hydrogens is 260 g/mol. The van der Waals surface area contributed by atoms with Crippen LogP contribution in [-0.4, -0.2) is 11.9 Å². The van der Waals surface area contributed by atoms with Crippen LogP contribution in [0.5, 0.6) is 0 Å². The molecule has 0 spiro atoms. The number of anilines is 1. The summed E-state index contributed by atoms with van der Waals surface area (Å²) in [5.41, 5.74) is 6.59. The van der Waals surface area contributed by atoms with Crippen molar-refractivity contribution in [3.05, 3.63) is 42.5 Å². The maximum atomic E-state index is 12.2. The van der Waals surface area contributed by atoms with Crippen molar-refractivity contribution in [2.45, 2.75) is 39.2 Å². The van der Waals surface area contributed by atoms with Crippen LogP contribution in [0.15, 0.2) is 42.5 Å². The first-order chi connectivity index (χ1) is 10.1. The Morgan fingerprint density at radius 2 is 1.81 bits per heavy atom. The van der Waals surface area contributed by atoms with Gasteiger partial charge in [0.1, 0.15) is 0 Å². The standard InChI is InChI=1S/C18H24N2O/c1-13(6-5-7-14(2)19)18(21)20-17-11-10-15-8-3-4-9-16(15)12-17/h3-4,8-14H,5-7,19H2,1-2H3,(H,20,21). The van der Waals surface area contributed by atoms with E-state index >= 15 is 0 Å². The largest absolute Gasteiger partial charge is 0.328 e. The van der Waals surface area contributed by atoms with Crippen LogP contribution in [0.3, 0.4) is 0 Å². The molecule has 0 fully saturated rings. The molecule has 0 bridgehead atoms. The van der Waals surface area contributed by atoms with Crippen LogP contribution in [0, 0.1) is 5.92 Å². The van der Waals surface area contributed by atoms with Gasteiger partial charge in [-0.25, -0.2) is 0 Å². The molecule has 0 aromatic heterocycles. The van der Waals surface area contributed by atoms with Crippen molar-refractivity contribution in [1.82, 2.24) is 0 Å². The number of fused-ring (bicyclic) bond motifs is 1. The topological polar surface area (TPSA) is 55.1 Å². The number of hydrogen-bond donors (Lipinski definition) is 2. The van der Waals surface area contributed by atoms with Crippen molar-refractivity contribution in [3.8, 4) is 0 Å². The normalized spacial score (nSPS) is 13.9. The Balaban J connectivity index is 1.94. The highest BCUT2D eigenvalue weighted by atomic mass is 16.1. The van der Waals surface area contributed by atoms with Gasteiger partial charge in [-0.3, -0.25) is 4.79 Å². The van der Waals surface area contributed by atoms with Gasteiger partial charge in [-0.05, 0) is 42.7 Å². The van der Waals surface area contributed by atoms with Crippen molar-refractivity contribution >= 4 is 22.4 Å². The molecule has 3 nitrogen and oxygen atoms in total. The van der Waals surface area contributed by atoms with E-state index in [9.17, 15) is 4.79 Å². The summed E-state index contributed by atoms with van der Waals surface area (Å²) in [5.74, 6) is 0.0881. The van der Waals surface area contributed by atoms with E-state index in [2.05, 4.69) is 17.4 Å². The molecule has 0 aliphatic heterocycles. The second-order valence-corrected chi connectivity index (χ2v) is 5.86. The summed E-state index contributed by atoms with van der Waals surface area (Å²) in [6, 6.07) is 14.4. The first-order valence-corrected chi connectivity index (χ1v) is 7.61. The quantitative estimate of drug-likeness (QED) is 0.844. The van der Waals surface area contributed by atoms with Crippen LogP contribution in [0.2, 0.25) is 0 Å². The van der Waals surface area contributed by atoms with E-state index in [1.165, 1.54) is 5.39 Å². The first-order valence-electron chi connectivity index (χ1n) is 7.61. The predicted octanol–water partition coefficient (Wildman–Crippen LogP) is 3.93. The summed E-state index contributed by atoms with van der Waals surface area (Å²) in [5, 5.41) is 5.32. The molecule has 2 unspecified atom stereocenters. The highest BCUT2D eigenvalue weighted by Crippen LogP contribution is 2.20. The number of benzene rings is 2. The fraction of sp³-hybridized carbons (Fsp3) is 0.389. The number of carbonyl (C=O) groups is 1. The van der Waals surface area contributed by atoms with E-state index < -0.39 is 0 Å². The van der Waals surface area contributed by atoms with Gasteiger partial charge in [0, 0.05) is 17.6 Å². The Morgan fingerprint density at radius 1 is 1.10 bits per heavy atom. The number of carbonyl (C=O) groups excluding carboxylic acids is 1. The van der Waals surface area contributed by atoms with Crippen LogP contribution in [0.25, 0.3) is 10.8 Å². The minimum Gasteiger partial charge on any atom is -0.328 e. The minimum atomic E-state index is 0.00946. The minimum absolute atomic E-state index is 0.00946. The first kappa shape index (κ1) is 15.5. The number of nitrogens with two attached hydrogens (primary N) is 1. The maximum Gasteiger partial charge on any atom is 0.227 e. The van der Waals surface area contributed by atoms with Gasteiger partial charge in [-0.1, -0.05) is 43.7 Å². The van der Waals surface area contributed by atoms with Gasteiger partial charge in [0.05, 0.1) is 0 Å². The molecule has 0 saturated heterocycles. The number of hydrogen-bond acceptors (Lipinski definition) is 2. The smallest absolute Gasteiger partial charge is 0.227 e. The molecule has 0 heterocycles. The fourth-order valence-corrected chi connectivity index (χ4v) is 2.41. The molecule has 0 aliphatic rings. The average molecular weight is 284 g/mol. The second-order valence-electron chi connectivity index (χ2n) is 5.86. The molecule has 2 rings (SSSR count). The lowest BCUT2D eigenvalue weighted by Crippen LogP contribution is -2.21. The Morgan fingerprint density at radius 3 is 2.52 bits per heavy atom. The summed E-state index contributed by atoms with van der Waals surface area (Å²) in [4.78, 5) is 12.2. The zero-order valence-electron chi connectivity index (χ0n) is 12.8. The van der Waals surface area contributed by atoms with Crippen molar-refractivity contribution in [2.24, 2.45) is 11.7 Å². The van der Waals surface area contributed by atoms with Crippen LogP contribution in [-0.2, 0) is 4.79 Å². The molecule has 112 valence electrons. The van der Waals surface area contributed by atoms with Gasteiger partial charge in [0.15, 0.2) is 0 Å². The lowest BCUT2D eigenvalue weighted by molar-refractivity contribution is -0.119. The van der Waals surface area contributed by atoms with E-state index in [4.69, 9.17) is 5.73 Å². The molecule has 3 heteroatoms. The molecule has 0 saturated carbocycles. The predicted molar refractivity (Wildman–Crippen MR) is 89.2 cm³/mol. The SMILES string of the molecule is CC(N)CCCC(C)C(=O)Nc1ccc2ccccc2c1. The molecule has 0 aliphatic carbocycles. The van der Waals surface area contributed by atoms with Crippen molar-refractivity contribution in [3.63, 3.8) is 0 Å². The fourth-order valence-electron chi connectivity index (χ4n) is 2.41. The van der Waals surface area contributed by atoms with Gasteiger partial charge >= 0.3 is 0 Å². The van der Waals surface area contributed by atoms with Crippen molar-refractivity contribution < 1.29 is 4.79 Å². The number of rotatable bonds is 6. The third-order valence-electron chi connectivity index (χ3n) is 3.76. The lowest BCUT2D eigenvalue weighted by atomic mass is 10.0. The highest BCUT2D eigenvalue weighted by molar-refractivity contribution is 5.95. The monoisotopic (exact) mass is 284 g/mol. The summed E-state index contributed by atoms with van der Waals surface area (Å²) < 4.78 is 0. The van der Waals surface area contributed by atoms with Gasteiger partial charge < -0.3 is 11.1 Å². The third-order valence-corrected chi connectivity index (χ3v) is 3.76. The lowest BCUT2D eigenvalue weighted by Gasteiger charge is -2.13. The van der Waals surface area contributed by atoms with Crippen LogP contribution in [0.1, 0.15) is 33.1 Å². The summed E-state index contributed by atoms with van der Waals surface area (Å²) in [7, 11) is 0. The Kier molecular flexibility index (Phi) is 5.34. The molecular formula is C18H24N2O. The maximum absolute atomic E-state index is 12.2. The highest BCUT2D eigenvalue weighted by Gasteiger charge is 2.13. The van der Waals surface area contributed by atoms with Crippen molar-refractivity contribution in [2.75, 3.05) is 5.32 Å². The van der Waals surface area contributed by atoms with Gasteiger partial charge in [0.2, 0.25) is 5.91 Å². The molecule has 2 aromatic rings. The Bertz CT molecular complexity index is 607. The van der Waals surface area contributed by atoms with Crippen LogP contribution >= 0.6 is 0 Å². The molecule has 21 heavy (non-hydrogen) atoms. The molecule has 2 aromatic carbocycles. The van der Waals surface area contributed by atoms with Crippen LogP contribution in [0.4, 0.5) is 5.69 Å². The van der Waals surface area contributed by atoms with Gasteiger partial charge in [0.25, 0.3) is 0 Å². The van der Waals surface area contributed by atoms with Gasteiger partial charge in [-0.2, -0.15) is 0 Å². The van der Waals surface area contributed by atoms with Gasteiger partial charge in [-0.15, -0.1) is 0 Å². The van der Waals surface area contributed by atoms with E-state index in [0.29, 0.717) is 0 Å². The average Bonchev–Trinajstić information content (AvgIpc) is 2.46. The molecule has 0 radical (unpaired) electrons. The van der Waals surface area contributed by atoms with E-state index in [0.717, 1.165) is 30.3 Å². The van der Waals surface area contributed by atoms with Crippen molar-refractivity contribution in [1.29, 1.82) is 0 Å². The van der Waals surface area contributed by atoms with E-state index in [1.54, 1.807) is 0 Å². The second kappa shape index (κ2) is 7.23. The summed E-state index contributed by atoms with van der Waals surface area (Å²) in [6.07, 6.45) is 2.83. The van der Waals surface area contributed by atoms with Crippen LogP contribution < -0.4 is 11.1 Å². The van der Waals surface area contributed by atoms with E-state index in [1.807, 2.05) is 44.2 Å². The number of amides is 1. The Hall–Kier alpha value is -1.87. The third kappa shape index (κ3) is 4.57. The number of nitrogens with one attached hydrogen (secondary N) is 1. The molecule has 2 atom stereocenters. The zero-order chi connectivity index (χ0) is 15.2. The summed E-state index contributed by atoms with van der Waals surface area (Å²) in [6.45, 7) is 3.97. The zero-order valence-corrected chi connectivity index (χ0v) is 12.8.